The molecule has 2 rings (SSSR count). The van der Waals surface area contributed by atoms with E-state index in [1.54, 1.807) is 20.8 Å². The van der Waals surface area contributed by atoms with Crippen LogP contribution < -0.4 is 10.1 Å². The summed E-state index contributed by atoms with van der Waals surface area (Å²) in [6.45, 7) is 7.54. The molecular weight excluding hydrogens is 389 g/mol. The zero-order valence-electron chi connectivity index (χ0n) is 17.9. The highest BCUT2D eigenvalue weighted by molar-refractivity contribution is 5.73. The monoisotopic (exact) mass is 419 g/mol. The molecule has 1 aromatic rings. The number of alkyl carbamates (subject to hydrolysis) is 1. The molecule has 164 valence electrons. The normalized spacial score (nSPS) is 17.0. The summed E-state index contributed by atoms with van der Waals surface area (Å²) >= 11 is 0. The number of amides is 1. The second-order valence-electron chi connectivity index (χ2n) is 8.32. The van der Waals surface area contributed by atoms with Crippen molar-refractivity contribution < 1.29 is 28.2 Å². The van der Waals surface area contributed by atoms with E-state index < -0.39 is 23.7 Å². The predicted octanol–water partition coefficient (Wildman–Crippen LogP) is 4.55. The minimum absolute atomic E-state index is 0.0000884. The lowest BCUT2D eigenvalue weighted by molar-refractivity contribution is -0.143. The molecule has 0 saturated heterocycles. The third kappa shape index (κ3) is 9.11. The van der Waals surface area contributed by atoms with E-state index in [4.69, 9.17) is 14.2 Å². The van der Waals surface area contributed by atoms with E-state index in [2.05, 4.69) is 18.3 Å². The van der Waals surface area contributed by atoms with E-state index in [0.717, 1.165) is 12.0 Å². The lowest BCUT2D eigenvalue weighted by atomic mass is 9.99. The topological polar surface area (TPSA) is 73.9 Å². The molecule has 7 heteroatoms. The van der Waals surface area contributed by atoms with E-state index in [-0.39, 0.29) is 25.5 Å². The molecule has 1 amide bonds. The average molecular weight is 419 g/mol. The first kappa shape index (κ1) is 23.4. The molecule has 30 heavy (non-hydrogen) atoms. The Bertz CT molecular complexity index is 780. The van der Waals surface area contributed by atoms with Gasteiger partial charge in [-0.2, -0.15) is 0 Å². The smallest absolute Gasteiger partial charge is 0.408 e. The van der Waals surface area contributed by atoms with Gasteiger partial charge in [-0.1, -0.05) is 25.2 Å². The van der Waals surface area contributed by atoms with Crippen LogP contribution in [0.5, 0.6) is 5.75 Å². The molecule has 0 radical (unpaired) electrons. The molecule has 1 aliphatic rings. The highest BCUT2D eigenvalue weighted by Crippen LogP contribution is 2.16. The summed E-state index contributed by atoms with van der Waals surface area (Å²) in [6.07, 6.45) is 6.24. The molecule has 2 atom stereocenters. The quantitative estimate of drug-likeness (QED) is 0.626. The largest absolute Gasteiger partial charge is 0.491 e. The van der Waals surface area contributed by atoms with E-state index in [1.165, 1.54) is 24.3 Å². The summed E-state index contributed by atoms with van der Waals surface area (Å²) in [5, 5.41) is 2.64. The maximum Gasteiger partial charge on any atom is 0.408 e. The van der Waals surface area contributed by atoms with Gasteiger partial charge in [-0.3, -0.25) is 4.79 Å². The number of hydrogen-bond donors (Lipinski definition) is 1. The van der Waals surface area contributed by atoms with Crippen molar-refractivity contribution in [1.82, 2.24) is 5.32 Å². The molecule has 0 bridgehead atoms. The van der Waals surface area contributed by atoms with E-state index >= 15 is 0 Å². The number of carbonyl (C=O) groups excluding carboxylic acids is 2. The van der Waals surface area contributed by atoms with Crippen LogP contribution in [0.4, 0.5) is 9.18 Å². The number of rotatable bonds is 8. The fourth-order valence-corrected chi connectivity index (χ4v) is 2.66. The van der Waals surface area contributed by atoms with Crippen LogP contribution in [0.3, 0.4) is 0 Å². The van der Waals surface area contributed by atoms with Crippen molar-refractivity contribution in [2.24, 2.45) is 5.92 Å². The van der Waals surface area contributed by atoms with Gasteiger partial charge in [0.15, 0.2) is 0 Å². The molecule has 1 aliphatic carbocycles. The molecular formula is C23H30FNO5. The minimum atomic E-state index is -0.677. The highest BCUT2D eigenvalue weighted by Gasteiger charge is 2.23. The van der Waals surface area contributed by atoms with Crippen molar-refractivity contribution >= 4 is 12.1 Å². The highest BCUT2D eigenvalue weighted by atomic mass is 19.1. The zero-order valence-corrected chi connectivity index (χ0v) is 17.9. The first-order valence-corrected chi connectivity index (χ1v) is 10.0. The first-order chi connectivity index (χ1) is 14.1. The number of halogens is 1. The summed E-state index contributed by atoms with van der Waals surface area (Å²) in [4.78, 5) is 24.4. The van der Waals surface area contributed by atoms with Gasteiger partial charge in [0.25, 0.3) is 0 Å². The Balaban J connectivity index is 1.91. The Morgan fingerprint density at radius 2 is 1.93 bits per heavy atom. The Morgan fingerprint density at radius 3 is 2.53 bits per heavy atom. The van der Waals surface area contributed by atoms with Gasteiger partial charge in [0.1, 0.15) is 30.4 Å². The van der Waals surface area contributed by atoms with Crippen LogP contribution >= 0.6 is 0 Å². The molecule has 0 aromatic heterocycles. The summed E-state index contributed by atoms with van der Waals surface area (Å²) < 4.78 is 29.2. The molecule has 0 heterocycles. The summed E-state index contributed by atoms with van der Waals surface area (Å²) in [5.41, 5.74) is 0.268. The molecule has 1 aromatic carbocycles. The fourth-order valence-electron chi connectivity index (χ4n) is 2.66. The third-order valence-electron chi connectivity index (χ3n) is 4.19. The number of benzene rings is 1. The number of nitrogens with one attached hydrogen (secondary N) is 1. The van der Waals surface area contributed by atoms with E-state index in [0.29, 0.717) is 11.7 Å². The maximum atomic E-state index is 13.0. The number of allylic oxidation sites excluding steroid dienone is 2. The Kier molecular flexibility index (Phi) is 8.45. The maximum absolute atomic E-state index is 13.0. The zero-order chi connectivity index (χ0) is 22.1. The molecule has 0 spiro atoms. The van der Waals surface area contributed by atoms with Crippen molar-refractivity contribution in [2.45, 2.75) is 52.2 Å². The van der Waals surface area contributed by atoms with Gasteiger partial charge in [0, 0.05) is 0 Å². The fraction of sp³-hybridized carbons (Fsp3) is 0.478. The van der Waals surface area contributed by atoms with E-state index in [1.807, 2.05) is 12.2 Å². The second-order valence-corrected chi connectivity index (χ2v) is 8.32. The Morgan fingerprint density at radius 1 is 1.23 bits per heavy atom. The standard InChI is InChI=1S/C23H30FNO5/c1-16-5-7-17(8-6-16)14-29-21(26)13-19(25-22(27)30-23(2,3)4)15-28-20-11-9-18(24)10-12-20/h5,7-12,16,19H,6,13-15H2,1-4H3,(H,25,27)/t16?,19-/m1/s1. The molecule has 1 unspecified atom stereocenters. The molecule has 0 saturated carbocycles. The second kappa shape index (κ2) is 10.8. The minimum Gasteiger partial charge on any atom is -0.491 e. The Labute approximate surface area is 177 Å². The van der Waals surface area contributed by atoms with Crippen molar-refractivity contribution in [3.63, 3.8) is 0 Å². The van der Waals surface area contributed by atoms with Crippen LogP contribution in [-0.4, -0.2) is 36.9 Å². The van der Waals surface area contributed by atoms with Crippen molar-refractivity contribution in [3.05, 3.63) is 53.9 Å². The van der Waals surface area contributed by atoms with Gasteiger partial charge >= 0.3 is 12.1 Å². The van der Waals surface area contributed by atoms with Crippen LogP contribution in [0.1, 0.15) is 40.5 Å². The van der Waals surface area contributed by atoms with Crippen molar-refractivity contribution in [1.29, 1.82) is 0 Å². The number of ether oxygens (including phenoxy) is 3. The van der Waals surface area contributed by atoms with Gasteiger partial charge in [0.05, 0.1) is 12.5 Å². The average Bonchev–Trinajstić information content (AvgIpc) is 2.65. The molecule has 0 fully saturated rings. The van der Waals surface area contributed by atoms with Crippen molar-refractivity contribution in [3.8, 4) is 5.75 Å². The van der Waals surface area contributed by atoms with Crippen LogP contribution in [0.2, 0.25) is 0 Å². The van der Waals surface area contributed by atoms with Crippen LogP contribution in [-0.2, 0) is 14.3 Å². The predicted molar refractivity (Wildman–Crippen MR) is 112 cm³/mol. The number of esters is 1. The summed E-state index contributed by atoms with van der Waals surface area (Å²) in [7, 11) is 0. The lowest BCUT2D eigenvalue weighted by Crippen LogP contribution is -2.43. The van der Waals surface area contributed by atoms with Crippen LogP contribution in [0.15, 0.2) is 48.1 Å². The third-order valence-corrected chi connectivity index (χ3v) is 4.19. The van der Waals surface area contributed by atoms with Crippen LogP contribution in [0.25, 0.3) is 0 Å². The van der Waals surface area contributed by atoms with Crippen LogP contribution in [0, 0.1) is 11.7 Å². The lowest BCUT2D eigenvalue weighted by Gasteiger charge is -2.23. The molecule has 0 aliphatic heterocycles. The van der Waals surface area contributed by atoms with Gasteiger partial charge in [-0.25, -0.2) is 9.18 Å². The SMILES string of the molecule is CC1C=CC(COC(=O)C[C@H](COc2ccc(F)cc2)NC(=O)OC(C)(C)C)=CC1. The van der Waals surface area contributed by atoms with Gasteiger partial charge in [0.2, 0.25) is 0 Å². The number of carbonyl (C=O) groups is 2. The van der Waals surface area contributed by atoms with Gasteiger partial charge in [-0.15, -0.1) is 0 Å². The van der Waals surface area contributed by atoms with Gasteiger partial charge < -0.3 is 19.5 Å². The first-order valence-electron chi connectivity index (χ1n) is 10.0. The van der Waals surface area contributed by atoms with E-state index in [9.17, 15) is 14.0 Å². The molecule has 6 nitrogen and oxygen atoms in total. The molecule has 1 N–H and O–H groups in total. The summed E-state index contributed by atoms with van der Waals surface area (Å²) in [5.74, 6) is 0.0596. The number of hydrogen-bond acceptors (Lipinski definition) is 5. The Hall–Kier alpha value is -2.83. The van der Waals surface area contributed by atoms with Crippen molar-refractivity contribution in [2.75, 3.05) is 13.2 Å². The van der Waals surface area contributed by atoms with Gasteiger partial charge in [-0.05, 0) is 62.9 Å². The summed E-state index contributed by atoms with van der Waals surface area (Å²) in [6, 6.07) is 4.81.